The topological polar surface area (TPSA) is 18.5 Å². The quantitative estimate of drug-likeness (QED) is 0.583. The van der Waals surface area contributed by atoms with E-state index in [1.807, 2.05) is 6.92 Å². The van der Waals surface area contributed by atoms with Crippen molar-refractivity contribution in [1.29, 1.82) is 0 Å². The third-order valence-electron chi connectivity index (χ3n) is 1.59. The van der Waals surface area contributed by atoms with Crippen molar-refractivity contribution in [3.63, 3.8) is 0 Å². The van der Waals surface area contributed by atoms with E-state index in [0.29, 0.717) is 12.2 Å². The van der Waals surface area contributed by atoms with Crippen LogP contribution in [0, 0.1) is 0 Å². The lowest BCUT2D eigenvalue weighted by Gasteiger charge is -2.00. The van der Waals surface area contributed by atoms with Crippen LogP contribution in [-0.4, -0.2) is 25.4 Å². The molecule has 1 fully saturated rings. The molecule has 1 rings (SSSR count). The fraction of sp³-hybridized carbons (Fsp3) is 1.00. The first-order valence-corrected chi connectivity index (χ1v) is 4.11. The van der Waals surface area contributed by atoms with Crippen molar-refractivity contribution in [2.75, 3.05) is 13.2 Å². The number of hydrogen-bond acceptors (Lipinski definition) is 2. The predicted molar refractivity (Wildman–Crippen MR) is 40.1 cm³/mol. The Labute approximate surface area is 62.5 Å². The van der Waals surface area contributed by atoms with Crippen LogP contribution in [0.5, 0.6) is 0 Å². The molecule has 2 atom stereocenters. The maximum absolute atomic E-state index is 5.44. The van der Waals surface area contributed by atoms with Gasteiger partial charge in [-0.25, -0.2) is 0 Å². The highest BCUT2D eigenvalue weighted by Crippen LogP contribution is 2.28. The summed E-state index contributed by atoms with van der Waals surface area (Å²) in [5.74, 6) is 0. The molecule has 0 aliphatic heterocycles. The molecule has 0 heterocycles. The lowest BCUT2D eigenvalue weighted by molar-refractivity contribution is 0.0483. The zero-order valence-corrected chi connectivity index (χ0v) is 6.80. The largest absolute Gasteiger partial charge is 0.376 e. The summed E-state index contributed by atoms with van der Waals surface area (Å²) in [6, 6.07) is 0. The Hall–Kier alpha value is -0.0800. The molecular weight excluding hydrogens is 128 g/mol. The Morgan fingerprint density at radius 1 is 1.20 bits per heavy atom. The lowest BCUT2D eigenvalue weighted by atomic mass is 10.5. The molecule has 2 heteroatoms. The molecule has 0 aromatic rings. The normalized spacial score (nSPS) is 30.6. The summed E-state index contributed by atoms with van der Waals surface area (Å²) in [6.45, 7) is 5.85. The highest BCUT2D eigenvalue weighted by atomic mass is 16.6. The summed E-state index contributed by atoms with van der Waals surface area (Å²) in [4.78, 5) is 0. The molecule has 1 aliphatic rings. The van der Waals surface area contributed by atoms with Crippen molar-refractivity contribution in [3.8, 4) is 0 Å². The molecule has 0 radical (unpaired) electrons. The standard InChI is InChI=1S/C8H16O2/c1-3-5-10-8-6-7(8)9-4-2/h7-8H,3-6H2,1-2H3. The Balaban J connectivity index is 1.92. The van der Waals surface area contributed by atoms with E-state index in [0.717, 1.165) is 26.1 Å². The van der Waals surface area contributed by atoms with Crippen LogP contribution >= 0.6 is 0 Å². The second-order valence-electron chi connectivity index (χ2n) is 2.64. The van der Waals surface area contributed by atoms with Crippen LogP contribution < -0.4 is 0 Å². The third-order valence-corrected chi connectivity index (χ3v) is 1.59. The monoisotopic (exact) mass is 144 g/mol. The van der Waals surface area contributed by atoms with E-state index in [9.17, 15) is 0 Å². The first-order chi connectivity index (χ1) is 4.88. The van der Waals surface area contributed by atoms with Gasteiger partial charge < -0.3 is 9.47 Å². The Morgan fingerprint density at radius 2 is 1.90 bits per heavy atom. The van der Waals surface area contributed by atoms with Crippen LogP contribution in [-0.2, 0) is 9.47 Å². The summed E-state index contributed by atoms with van der Waals surface area (Å²) in [6.07, 6.45) is 3.04. The molecule has 10 heavy (non-hydrogen) atoms. The minimum absolute atomic E-state index is 0.413. The number of rotatable bonds is 5. The maximum Gasteiger partial charge on any atom is 0.0863 e. The van der Waals surface area contributed by atoms with Crippen molar-refractivity contribution in [3.05, 3.63) is 0 Å². The summed E-state index contributed by atoms with van der Waals surface area (Å²) < 4.78 is 10.8. The van der Waals surface area contributed by atoms with E-state index in [2.05, 4.69) is 6.92 Å². The molecule has 0 aromatic carbocycles. The average molecular weight is 144 g/mol. The van der Waals surface area contributed by atoms with Gasteiger partial charge in [0.1, 0.15) is 0 Å². The van der Waals surface area contributed by atoms with Gasteiger partial charge in [0.05, 0.1) is 12.2 Å². The van der Waals surface area contributed by atoms with E-state index < -0.39 is 0 Å². The van der Waals surface area contributed by atoms with Gasteiger partial charge in [-0.15, -0.1) is 0 Å². The molecule has 2 unspecified atom stereocenters. The van der Waals surface area contributed by atoms with Crippen LogP contribution in [0.15, 0.2) is 0 Å². The molecule has 0 amide bonds. The van der Waals surface area contributed by atoms with Crippen molar-refractivity contribution in [1.82, 2.24) is 0 Å². The molecule has 2 nitrogen and oxygen atoms in total. The van der Waals surface area contributed by atoms with Gasteiger partial charge in [0, 0.05) is 19.6 Å². The lowest BCUT2D eigenvalue weighted by Crippen LogP contribution is -2.04. The molecule has 60 valence electrons. The van der Waals surface area contributed by atoms with Gasteiger partial charge in [0.2, 0.25) is 0 Å². The van der Waals surface area contributed by atoms with E-state index in [-0.39, 0.29) is 0 Å². The molecule has 0 N–H and O–H groups in total. The average Bonchev–Trinajstić information content (AvgIpc) is 2.65. The molecule has 0 saturated heterocycles. The van der Waals surface area contributed by atoms with Crippen LogP contribution in [0.3, 0.4) is 0 Å². The second kappa shape index (κ2) is 3.94. The summed E-state index contributed by atoms with van der Waals surface area (Å²) in [7, 11) is 0. The van der Waals surface area contributed by atoms with Gasteiger partial charge in [0.15, 0.2) is 0 Å². The SMILES string of the molecule is CCCOC1CC1OCC. The summed E-state index contributed by atoms with van der Waals surface area (Å²) in [5, 5.41) is 0. The van der Waals surface area contributed by atoms with Gasteiger partial charge in [0.25, 0.3) is 0 Å². The first kappa shape index (κ1) is 8.02. The fourth-order valence-electron chi connectivity index (χ4n) is 0.984. The van der Waals surface area contributed by atoms with Crippen LogP contribution in [0.25, 0.3) is 0 Å². The van der Waals surface area contributed by atoms with Gasteiger partial charge in [-0.05, 0) is 13.3 Å². The van der Waals surface area contributed by atoms with Gasteiger partial charge >= 0.3 is 0 Å². The minimum atomic E-state index is 0.413. The first-order valence-electron chi connectivity index (χ1n) is 4.11. The van der Waals surface area contributed by atoms with Gasteiger partial charge in [-0.3, -0.25) is 0 Å². The zero-order chi connectivity index (χ0) is 7.40. The van der Waals surface area contributed by atoms with Crippen LogP contribution in [0.2, 0.25) is 0 Å². The zero-order valence-electron chi connectivity index (χ0n) is 6.80. The number of ether oxygens (including phenoxy) is 2. The fourth-order valence-corrected chi connectivity index (χ4v) is 0.984. The van der Waals surface area contributed by atoms with E-state index in [1.54, 1.807) is 0 Å². The smallest absolute Gasteiger partial charge is 0.0863 e. The van der Waals surface area contributed by atoms with Gasteiger partial charge in [-0.1, -0.05) is 6.92 Å². The molecule has 0 spiro atoms. The summed E-state index contributed by atoms with van der Waals surface area (Å²) >= 11 is 0. The van der Waals surface area contributed by atoms with Crippen molar-refractivity contribution in [2.45, 2.75) is 38.9 Å². The van der Waals surface area contributed by atoms with Crippen molar-refractivity contribution >= 4 is 0 Å². The van der Waals surface area contributed by atoms with Crippen LogP contribution in [0.1, 0.15) is 26.7 Å². The van der Waals surface area contributed by atoms with Crippen molar-refractivity contribution in [2.24, 2.45) is 0 Å². The summed E-state index contributed by atoms with van der Waals surface area (Å²) in [5.41, 5.74) is 0. The molecule has 0 aromatic heterocycles. The molecule has 1 aliphatic carbocycles. The third kappa shape index (κ3) is 2.27. The highest BCUT2D eigenvalue weighted by Gasteiger charge is 2.38. The maximum atomic E-state index is 5.44. The number of hydrogen-bond donors (Lipinski definition) is 0. The van der Waals surface area contributed by atoms with Gasteiger partial charge in [-0.2, -0.15) is 0 Å². The minimum Gasteiger partial charge on any atom is -0.376 e. The van der Waals surface area contributed by atoms with E-state index in [4.69, 9.17) is 9.47 Å². The molecular formula is C8H16O2. The predicted octanol–water partition coefficient (Wildman–Crippen LogP) is 1.59. The molecule has 1 saturated carbocycles. The van der Waals surface area contributed by atoms with E-state index >= 15 is 0 Å². The second-order valence-corrected chi connectivity index (χ2v) is 2.64. The Bertz CT molecular complexity index is 93.3. The Morgan fingerprint density at radius 3 is 2.50 bits per heavy atom. The highest BCUT2D eigenvalue weighted by molar-refractivity contribution is 4.89. The van der Waals surface area contributed by atoms with Crippen LogP contribution in [0.4, 0.5) is 0 Å². The van der Waals surface area contributed by atoms with E-state index in [1.165, 1.54) is 0 Å². The molecule has 0 bridgehead atoms. The Kier molecular flexibility index (Phi) is 3.16. The van der Waals surface area contributed by atoms with Crippen molar-refractivity contribution < 1.29 is 9.47 Å².